The van der Waals surface area contributed by atoms with Crippen molar-refractivity contribution >= 4 is 22.8 Å². The highest BCUT2D eigenvalue weighted by Crippen LogP contribution is 2.39. The lowest BCUT2D eigenvalue weighted by atomic mass is 9.71. The number of amides is 2. The van der Waals surface area contributed by atoms with Gasteiger partial charge in [0, 0.05) is 36.0 Å². The molecule has 3 atom stereocenters. The summed E-state index contributed by atoms with van der Waals surface area (Å²) in [6.07, 6.45) is 7.31. The van der Waals surface area contributed by atoms with E-state index in [1.54, 1.807) is 24.0 Å². The molecule has 1 aliphatic heterocycles. The number of hydrogen-bond donors (Lipinski definition) is 2. The Bertz CT molecular complexity index is 1190. The fraction of sp³-hybridized carbons (Fsp3) is 0.593. The van der Waals surface area contributed by atoms with E-state index >= 15 is 0 Å². The summed E-state index contributed by atoms with van der Waals surface area (Å²) in [4.78, 5) is 39.4. The summed E-state index contributed by atoms with van der Waals surface area (Å²) in [5, 5.41) is 14.4. The van der Waals surface area contributed by atoms with Crippen LogP contribution in [0.25, 0.3) is 11.0 Å². The van der Waals surface area contributed by atoms with Gasteiger partial charge in [0.1, 0.15) is 11.3 Å². The maximum Gasteiger partial charge on any atom is 0.339 e. The highest BCUT2D eigenvalue weighted by molar-refractivity contribution is 5.87. The van der Waals surface area contributed by atoms with E-state index in [0.717, 1.165) is 67.9 Å². The molecule has 2 heterocycles. The number of nitrogens with one attached hydrogen (secondary N) is 1. The number of ether oxygens (including phenoxy) is 1. The maximum absolute atomic E-state index is 12.7. The van der Waals surface area contributed by atoms with E-state index in [1.165, 1.54) is 0 Å². The van der Waals surface area contributed by atoms with Crippen molar-refractivity contribution in [2.24, 2.45) is 5.92 Å². The van der Waals surface area contributed by atoms with Crippen LogP contribution in [-0.2, 0) is 22.4 Å². The van der Waals surface area contributed by atoms with Crippen molar-refractivity contribution in [1.82, 2.24) is 10.2 Å². The SMILES string of the molecule is C[C@H](Oc1ccc2c3c(c(=O)oc2c1)CCCC3)C(=O)NCC(=O)N1CC[C@]2(O)CCCC[C@H]2C1. The Morgan fingerprint density at radius 1 is 1.20 bits per heavy atom. The lowest BCUT2D eigenvalue weighted by molar-refractivity contribution is -0.144. The largest absolute Gasteiger partial charge is 0.481 e. The molecule has 8 nitrogen and oxygen atoms in total. The minimum absolute atomic E-state index is 0.101. The first-order chi connectivity index (χ1) is 16.8. The van der Waals surface area contributed by atoms with Crippen LogP contribution in [0.3, 0.4) is 0 Å². The van der Waals surface area contributed by atoms with Gasteiger partial charge in [-0.2, -0.15) is 0 Å². The number of hydrogen-bond acceptors (Lipinski definition) is 6. The van der Waals surface area contributed by atoms with Gasteiger partial charge in [0.15, 0.2) is 6.10 Å². The van der Waals surface area contributed by atoms with E-state index in [2.05, 4.69) is 5.32 Å². The molecule has 5 rings (SSSR count). The summed E-state index contributed by atoms with van der Waals surface area (Å²) in [5.74, 6) is 0.00965. The van der Waals surface area contributed by atoms with Crippen molar-refractivity contribution in [3.8, 4) is 5.75 Å². The Hall–Kier alpha value is -2.87. The molecular formula is C27H34N2O6. The number of aryl methyl sites for hydroxylation is 1. The number of likely N-dealkylation sites (tertiary alicyclic amines) is 1. The molecule has 2 aliphatic carbocycles. The number of aliphatic hydroxyl groups is 1. The Morgan fingerprint density at radius 2 is 2.00 bits per heavy atom. The van der Waals surface area contributed by atoms with Gasteiger partial charge in [-0.15, -0.1) is 0 Å². The number of carbonyl (C=O) groups excluding carboxylic acids is 2. The number of carbonyl (C=O) groups is 2. The highest BCUT2D eigenvalue weighted by Gasteiger charge is 2.43. The minimum Gasteiger partial charge on any atom is -0.481 e. The van der Waals surface area contributed by atoms with Gasteiger partial charge >= 0.3 is 5.63 Å². The lowest BCUT2D eigenvalue weighted by Gasteiger charge is -2.47. The Labute approximate surface area is 204 Å². The third-order valence-electron chi connectivity index (χ3n) is 8.07. The lowest BCUT2D eigenvalue weighted by Crippen LogP contribution is -2.56. The van der Waals surface area contributed by atoms with E-state index in [-0.39, 0.29) is 24.0 Å². The molecule has 2 aromatic rings. The normalized spacial score (nSPS) is 24.9. The molecule has 0 radical (unpaired) electrons. The summed E-state index contributed by atoms with van der Waals surface area (Å²) in [5.41, 5.74) is 1.36. The molecule has 0 unspecified atom stereocenters. The van der Waals surface area contributed by atoms with Crippen molar-refractivity contribution < 1.29 is 23.8 Å². The second kappa shape index (κ2) is 9.64. The van der Waals surface area contributed by atoms with E-state index in [0.29, 0.717) is 30.8 Å². The number of nitrogens with zero attached hydrogens (tertiary/aromatic N) is 1. The van der Waals surface area contributed by atoms with Gasteiger partial charge in [-0.3, -0.25) is 9.59 Å². The fourth-order valence-electron chi connectivity index (χ4n) is 5.97. The molecule has 2 N–H and O–H groups in total. The molecule has 2 amide bonds. The Balaban J connectivity index is 1.17. The van der Waals surface area contributed by atoms with Gasteiger partial charge in [0.25, 0.3) is 5.91 Å². The zero-order chi connectivity index (χ0) is 24.6. The standard InChI is InChI=1S/C27H34N2O6/c1-17(25(31)28-15-24(30)29-13-12-27(33)11-5-4-6-18(27)16-29)34-19-9-10-21-20-7-2-3-8-22(20)26(32)35-23(21)14-19/h9-10,14,17-18,33H,2-8,11-13,15-16H2,1H3,(H,28,31)/t17-,18-,27+/m0/s1. The summed E-state index contributed by atoms with van der Waals surface area (Å²) in [7, 11) is 0. The van der Waals surface area contributed by atoms with E-state index in [1.807, 2.05) is 6.07 Å². The van der Waals surface area contributed by atoms with Crippen LogP contribution in [0, 0.1) is 5.92 Å². The molecule has 1 saturated carbocycles. The average molecular weight is 483 g/mol. The molecule has 188 valence electrons. The highest BCUT2D eigenvalue weighted by atomic mass is 16.5. The van der Waals surface area contributed by atoms with Crippen molar-refractivity contribution in [3.63, 3.8) is 0 Å². The fourth-order valence-corrected chi connectivity index (χ4v) is 5.97. The quantitative estimate of drug-likeness (QED) is 0.635. The van der Waals surface area contributed by atoms with Crippen LogP contribution in [0.1, 0.15) is 63.0 Å². The average Bonchev–Trinajstić information content (AvgIpc) is 2.86. The maximum atomic E-state index is 12.7. The number of rotatable bonds is 5. The Morgan fingerprint density at radius 3 is 2.83 bits per heavy atom. The van der Waals surface area contributed by atoms with Crippen LogP contribution in [0.2, 0.25) is 0 Å². The van der Waals surface area contributed by atoms with Crippen molar-refractivity contribution in [1.29, 1.82) is 0 Å². The van der Waals surface area contributed by atoms with E-state index < -0.39 is 17.6 Å². The number of benzene rings is 1. The van der Waals surface area contributed by atoms with Crippen LogP contribution in [0.15, 0.2) is 27.4 Å². The van der Waals surface area contributed by atoms with Crippen molar-refractivity contribution in [2.45, 2.75) is 76.4 Å². The molecule has 1 aromatic heterocycles. The molecule has 3 aliphatic rings. The van der Waals surface area contributed by atoms with Crippen molar-refractivity contribution in [2.75, 3.05) is 19.6 Å². The molecule has 0 bridgehead atoms. The van der Waals surface area contributed by atoms with Crippen LogP contribution >= 0.6 is 0 Å². The molecule has 8 heteroatoms. The molecular weight excluding hydrogens is 448 g/mol. The van der Waals surface area contributed by atoms with Gasteiger partial charge in [0.05, 0.1) is 12.1 Å². The van der Waals surface area contributed by atoms with Gasteiger partial charge in [0.2, 0.25) is 5.91 Å². The number of piperidine rings is 1. The molecule has 1 aromatic carbocycles. The predicted molar refractivity (Wildman–Crippen MR) is 130 cm³/mol. The third-order valence-corrected chi connectivity index (χ3v) is 8.07. The molecule has 1 saturated heterocycles. The topological polar surface area (TPSA) is 109 Å². The van der Waals surface area contributed by atoms with Crippen LogP contribution < -0.4 is 15.7 Å². The third kappa shape index (κ3) is 4.81. The second-order valence-corrected chi connectivity index (χ2v) is 10.3. The first-order valence-corrected chi connectivity index (χ1v) is 12.9. The van der Waals surface area contributed by atoms with E-state index in [4.69, 9.17) is 9.15 Å². The van der Waals surface area contributed by atoms with Gasteiger partial charge in [-0.25, -0.2) is 4.79 Å². The molecule has 0 spiro atoms. The molecule has 35 heavy (non-hydrogen) atoms. The predicted octanol–water partition coefficient (Wildman–Crippen LogP) is 2.71. The number of fused-ring (bicyclic) bond motifs is 4. The Kier molecular flexibility index (Phi) is 6.57. The van der Waals surface area contributed by atoms with Gasteiger partial charge in [-0.1, -0.05) is 12.8 Å². The first kappa shape index (κ1) is 23.9. The smallest absolute Gasteiger partial charge is 0.339 e. The second-order valence-electron chi connectivity index (χ2n) is 10.3. The van der Waals surface area contributed by atoms with Gasteiger partial charge in [-0.05, 0) is 69.6 Å². The van der Waals surface area contributed by atoms with Crippen molar-refractivity contribution in [3.05, 3.63) is 39.7 Å². The summed E-state index contributed by atoms with van der Waals surface area (Å²) >= 11 is 0. The molecule has 2 fully saturated rings. The summed E-state index contributed by atoms with van der Waals surface area (Å²) in [6, 6.07) is 5.32. The van der Waals surface area contributed by atoms with Crippen LogP contribution in [0.5, 0.6) is 5.75 Å². The van der Waals surface area contributed by atoms with Crippen LogP contribution in [0.4, 0.5) is 0 Å². The summed E-state index contributed by atoms with van der Waals surface area (Å²) < 4.78 is 11.3. The monoisotopic (exact) mass is 482 g/mol. The van der Waals surface area contributed by atoms with E-state index in [9.17, 15) is 19.5 Å². The minimum atomic E-state index is -0.825. The first-order valence-electron chi connectivity index (χ1n) is 12.9. The zero-order valence-corrected chi connectivity index (χ0v) is 20.3. The summed E-state index contributed by atoms with van der Waals surface area (Å²) in [6.45, 7) is 2.58. The van der Waals surface area contributed by atoms with Gasteiger partial charge < -0.3 is 24.5 Å². The zero-order valence-electron chi connectivity index (χ0n) is 20.3. The van der Waals surface area contributed by atoms with Crippen LogP contribution in [-0.4, -0.2) is 53.2 Å².